The van der Waals surface area contributed by atoms with Crippen molar-refractivity contribution in [2.24, 2.45) is 5.92 Å². The van der Waals surface area contributed by atoms with Crippen LogP contribution in [-0.2, 0) is 6.54 Å². The first-order valence-corrected chi connectivity index (χ1v) is 6.51. The summed E-state index contributed by atoms with van der Waals surface area (Å²) >= 11 is 0. The fraction of sp³-hybridized carbons (Fsp3) is 0.267. The topological polar surface area (TPSA) is 64.0 Å². The quantitative estimate of drug-likeness (QED) is 0.926. The van der Waals surface area contributed by atoms with E-state index in [9.17, 15) is 9.59 Å². The molecule has 0 spiro atoms. The second kappa shape index (κ2) is 6.14. The van der Waals surface area contributed by atoms with E-state index in [0.29, 0.717) is 12.2 Å². The Bertz CT molecular complexity index is 648. The van der Waals surface area contributed by atoms with Crippen molar-refractivity contribution < 1.29 is 4.79 Å². The average molecular weight is 271 g/mol. The van der Waals surface area contributed by atoms with Gasteiger partial charge in [-0.1, -0.05) is 32.0 Å². The molecule has 1 aromatic carbocycles. The van der Waals surface area contributed by atoms with E-state index in [2.05, 4.69) is 10.4 Å². The van der Waals surface area contributed by atoms with Gasteiger partial charge in [0.15, 0.2) is 0 Å². The highest BCUT2D eigenvalue weighted by atomic mass is 16.2. The largest absolute Gasteiger partial charge is 0.321 e. The highest BCUT2D eigenvalue weighted by Gasteiger charge is 2.10. The lowest BCUT2D eigenvalue weighted by Crippen LogP contribution is -2.27. The van der Waals surface area contributed by atoms with Crippen molar-refractivity contribution in [1.29, 1.82) is 0 Å². The molecule has 0 unspecified atom stereocenters. The number of anilines is 1. The standard InChI is InChI=1S/C15H17N3O2/c1-11(2)10-18-14(19)9-8-13(17-18)15(20)16-12-6-4-3-5-7-12/h3-9,11H,10H2,1-2H3,(H,16,20). The van der Waals surface area contributed by atoms with Crippen LogP contribution in [-0.4, -0.2) is 15.7 Å². The zero-order chi connectivity index (χ0) is 14.5. The summed E-state index contributed by atoms with van der Waals surface area (Å²) < 4.78 is 1.32. The van der Waals surface area contributed by atoms with Gasteiger partial charge in [0.25, 0.3) is 11.5 Å². The van der Waals surface area contributed by atoms with Gasteiger partial charge >= 0.3 is 0 Å². The fourth-order valence-corrected chi connectivity index (χ4v) is 1.76. The number of aromatic nitrogens is 2. The van der Waals surface area contributed by atoms with E-state index in [1.807, 2.05) is 32.0 Å². The Morgan fingerprint density at radius 1 is 1.20 bits per heavy atom. The molecular weight excluding hydrogens is 254 g/mol. The summed E-state index contributed by atoms with van der Waals surface area (Å²) in [7, 11) is 0. The normalized spacial score (nSPS) is 10.6. The Kier molecular flexibility index (Phi) is 4.30. The molecular formula is C15H17N3O2. The van der Waals surface area contributed by atoms with Crippen molar-refractivity contribution in [2.75, 3.05) is 5.32 Å². The number of hydrogen-bond donors (Lipinski definition) is 1. The molecule has 5 nitrogen and oxygen atoms in total. The predicted octanol–water partition coefficient (Wildman–Crippen LogP) is 2.15. The van der Waals surface area contributed by atoms with Gasteiger partial charge in [-0.05, 0) is 24.1 Å². The molecule has 2 aromatic rings. The second-order valence-corrected chi connectivity index (χ2v) is 4.95. The van der Waals surface area contributed by atoms with Crippen LogP contribution in [0.4, 0.5) is 5.69 Å². The third-order valence-corrected chi connectivity index (χ3v) is 2.67. The Labute approximate surface area is 117 Å². The smallest absolute Gasteiger partial charge is 0.276 e. The first-order valence-electron chi connectivity index (χ1n) is 6.51. The molecule has 0 aliphatic heterocycles. The van der Waals surface area contributed by atoms with Crippen molar-refractivity contribution in [3.63, 3.8) is 0 Å². The highest BCUT2D eigenvalue weighted by Crippen LogP contribution is 2.06. The SMILES string of the molecule is CC(C)Cn1nc(C(=O)Nc2ccccc2)ccc1=O. The average Bonchev–Trinajstić information content (AvgIpc) is 2.42. The summed E-state index contributed by atoms with van der Waals surface area (Å²) in [6.45, 7) is 4.47. The maximum absolute atomic E-state index is 12.1. The molecule has 0 atom stereocenters. The third kappa shape index (κ3) is 3.54. The minimum Gasteiger partial charge on any atom is -0.321 e. The summed E-state index contributed by atoms with van der Waals surface area (Å²) in [6, 6.07) is 11.9. The summed E-state index contributed by atoms with van der Waals surface area (Å²) in [4.78, 5) is 23.7. The van der Waals surface area contributed by atoms with Crippen molar-refractivity contribution in [3.05, 3.63) is 58.5 Å². The van der Waals surface area contributed by atoms with Crippen LogP contribution in [0, 0.1) is 5.92 Å². The predicted molar refractivity (Wildman–Crippen MR) is 77.7 cm³/mol. The molecule has 0 saturated heterocycles. The molecule has 0 bridgehead atoms. The molecule has 0 aliphatic carbocycles. The van der Waals surface area contributed by atoms with Crippen LogP contribution in [0.3, 0.4) is 0 Å². The first-order chi connectivity index (χ1) is 9.56. The molecule has 0 radical (unpaired) electrons. The number of carbonyl (C=O) groups is 1. The number of carbonyl (C=O) groups excluding carboxylic acids is 1. The van der Waals surface area contributed by atoms with Gasteiger partial charge in [0.1, 0.15) is 5.69 Å². The van der Waals surface area contributed by atoms with Crippen LogP contribution in [0.5, 0.6) is 0 Å². The summed E-state index contributed by atoms with van der Waals surface area (Å²) in [5.41, 5.74) is 0.727. The number of nitrogens with one attached hydrogen (secondary N) is 1. The minimum atomic E-state index is -0.325. The number of amides is 1. The molecule has 20 heavy (non-hydrogen) atoms. The van der Waals surface area contributed by atoms with Crippen molar-refractivity contribution in [1.82, 2.24) is 9.78 Å². The molecule has 1 amide bonds. The monoisotopic (exact) mass is 271 g/mol. The van der Waals surface area contributed by atoms with Gasteiger partial charge < -0.3 is 5.32 Å². The molecule has 1 aromatic heterocycles. The molecule has 104 valence electrons. The number of hydrogen-bond acceptors (Lipinski definition) is 3. The van der Waals surface area contributed by atoms with E-state index < -0.39 is 0 Å². The molecule has 1 heterocycles. The van der Waals surface area contributed by atoms with Crippen LogP contribution < -0.4 is 10.9 Å². The number of para-hydroxylation sites is 1. The van der Waals surface area contributed by atoms with Gasteiger partial charge in [0, 0.05) is 18.3 Å². The first kappa shape index (κ1) is 14.0. The lowest BCUT2D eigenvalue weighted by molar-refractivity contribution is 0.101. The number of benzene rings is 1. The van der Waals surface area contributed by atoms with Gasteiger partial charge in [-0.15, -0.1) is 0 Å². The van der Waals surface area contributed by atoms with Gasteiger partial charge in [-0.2, -0.15) is 5.10 Å². The summed E-state index contributed by atoms with van der Waals surface area (Å²) in [6.07, 6.45) is 0. The van der Waals surface area contributed by atoms with Gasteiger partial charge in [-0.3, -0.25) is 9.59 Å². The van der Waals surface area contributed by atoms with E-state index in [-0.39, 0.29) is 23.1 Å². The maximum atomic E-state index is 12.1. The molecule has 0 fully saturated rings. The highest BCUT2D eigenvalue weighted by molar-refractivity contribution is 6.02. The molecule has 2 rings (SSSR count). The van der Waals surface area contributed by atoms with Gasteiger partial charge in [-0.25, -0.2) is 4.68 Å². The van der Waals surface area contributed by atoms with E-state index in [4.69, 9.17) is 0 Å². The fourth-order valence-electron chi connectivity index (χ4n) is 1.76. The van der Waals surface area contributed by atoms with Crippen LogP contribution in [0.2, 0.25) is 0 Å². The third-order valence-electron chi connectivity index (χ3n) is 2.67. The van der Waals surface area contributed by atoms with E-state index >= 15 is 0 Å². The summed E-state index contributed by atoms with van der Waals surface area (Å²) in [5.74, 6) is -0.0404. The summed E-state index contributed by atoms with van der Waals surface area (Å²) in [5, 5.41) is 6.84. The van der Waals surface area contributed by atoms with Crippen LogP contribution in [0.1, 0.15) is 24.3 Å². The van der Waals surface area contributed by atoms with Crippen LogP contribution >= 0.6 is 0 Å². The molecule has 5 heteroatoms. The van der Waals surface area contributed by atoms with Crippen molar-refractivity contribution in [3.8, 4) is 0 Å². The van der Waals surface area contributed by atoms with Crippen LogP contribution in [0.25, 0.3) is 0 Å². The molecule has 0 aliphatic rings. The van der Waals surface area contributed by atoms with E-state index in [1.165, 1.54) is 16.8 Å². The Morgan fingerprint density at radius 2 is 1.90 bits per heavy atom. The van der Waals surface area contributed by atoms with Gasteiger partial charge in [0.2, 0.25) is 0 Å². The van der Waals surface area contributed by atoms with Crippen LogP contribution in [0.15, 0.2) is 47.3 Å². The lowest BCUT2D eigenvalue weighted by atomic mass is 10.2. The number of rotatable bonds is 4. The van der Waals surface area contributed by atoms with E-state index in [1.54, 1.807) is 12.1 Å². The molecule has 1 N–H and O–H groups in total. The zero-order valence-corrected chi connectivity index (χ0v) is 11.5. The van der Waals surface area contributed by atoms with E-state index in [0.717, 1.165) is 0 Å². The zero-order valence-electron chi connectivity index (χ0n) is 11.5. The Balaban J connectivity index is 2.20. The van der Waals surface area contributed by atoms with Crippen molar-refractivity contribution >= 4 is 11.6 Å². The lowest BCUT2D eigenvalue weighted by Gasteiger charge is -2.09. The Morgan fingerprint density at radius 3 is 2.55 bits per heavy atom. The maximum Gasteiger partial charge on any atom is 0.276 e. The number of nitrogens with zero attached hydrogens (tertiary/aromatic N) is 2. The molecule has 0 saturated carbocycles. The second-order valence-electron chi connectivity index (χ2n) is 4.95. The van der Waals surface area contributed by atoms with Gasteiger partial charge in [0.05, 0.1) is 0 Å². The minimum absolute atomic E-state index is 0.199. The van der Waals surface area contributed by atoms with Crippen molar-refractivity contribution in [2.45, 2.75) is 20.4 Å². The Hall–Kier alpha value is -2.43.